The van der Waals surface area contributed by atoms with Crippen LogP contribution >= 0.6 is 0 Å². The molecule has 2 nitrogen and oxygen atoms in total. The molecule has 1 aromatic carbocycles. The predicted molar refractivity (Wildman–Crippen MR) is 59.3 cm³/mol. The minimum atomic E-state index is -0.340. The van der Waals surface area contributed by atoms with Crippen molar-refractivity contribution in [1.29, 1.82) is 0 Å². The molecule has 0 aromatic heterocycles. The molecule has 0 amide bonds. The van der Waals surface area contributed by atoms with Gasteiger partial charge in [0.25, 0.3) is 0 Å². The summed E-state index contributed by atoms with van der Waals surface area (Å²) >= 11 is 0. The molecule has 1 aromatic rings. The fourth-order valence-corrected chi connectivity index (χ4v) is 1.61. The lowest BCUT2D eigenvalue weighted by atomic mass is 9.97. The van der Waals surface area contributed by atoms with E-state index in [4.69, 9.17) is 10.5 Å². The highest BCUT2D eigenvalue weighted by atomic mass is 19.1. The number of ether oxygens (including phenoxy) is 1. The Balaban J connectivity index is 2.93. The van der Waals surface area contributed by atoms with Crippen molar-refractivity contribution in [2.24, 2.45) is 11.7 Å². The zero-order valence-corrected chi connectivity index (χ0v) is 9.46. The van der Waals surface area contributed by atoms with E-state index in [1.54, 1.807) is 18.2 Å². The average molecular weight is 211 g/mol. The molecule has 0 aliphatic carbocycles. The van der Waals surface area contributed by atoms with Gasteiger partial charge >= 0.3 is 0 Å². The first-order chi connectivity index (χ1) is 7.06. The molecule has 1 rings (SSSR count). The second-order valence-corrected chi connectivity index (χ2v) is 4.10. The third-order valence-electron chi connectivity index (χ3n) is 2.34. The number of methoxy groups -OCH3 is 1. The Morgan fingerprint density at radius 1 is 1.40 bits per heavy atom. The van der Waals surface area contributed by atoms with Crippen LogP contribution in [0.3, 0.4) is 0 Å². The maximum atomic E-state index is 13.8. The third-order valence-corrected chi connectivity index (χ3v) is 2.34. The third kappa shape index (κ3) is 2.93. The van der Waals surface area contributed by atoms with Gasteiger partial charge in [-0.25, -0.2) is 4.39 Å². The van der Waals surface area contributed by atoms with Crippen LogP contribution in [-0.2, 0) is 0 Å². The van der Waals surface area contributed by atoms with Crippen LogP contribution in [0.4, 0.5) is 4.39 Å². The lowest BCUT2D eigenvalue weighted by Gasteiger charge is -2.16. The number of nitrogens with two attached hydrogens (primary N) is 1. The molecule has 0 radical (unpaired) electrons. The maximum absolute atomic E-state index is 13.8. The highest BCUT2D eigenvalue weighted by Gasteiger charge is 2.15. The van der Waals surface area contributed by atoms with Crippen LogP contribution in [0.5, 0.6) is 5.75 Å². The van der Waals surface area contributed by atoms with Crippen LogP contribution in [0, 0.1) is 11.7 Å². The molecule has 0 heterocycles. The van der Waals surface area contributed by atoms with E-state index in [9.17, 15) is 4.39 Å². The van der Waals surface area contributed by atoms with Gasteiger partial charge in [0, 0.05) is 11.6 Å². The Kier molecular flexibility index (Phi) is 4.09. The first kappa shape index (κ1) is 12.0. The average Bonchev–Trinajstić information content (AvgIpc) is 2.17. The van der Waals surface area contributed by atoms with Gasteiger partial charge in [0.05, 0.1) is 7.11 Å². The summed E-state index contributed by atoms with van der Waals surface area (Å²) in [6.07, 6.45) is 0.768. The summed E-state index contributed by atoms with van der Waals surface area (Å²) in [4.78, 5) is 0. The van der Waals surface area contributed by atoms with Gasteiger partial charge in [-0.05, 0) is 18.4 Å². The fourth-order valence-electron chi connectivity index (χ4n) is 1.61. The molecule has 0 aliphatic heterocycles. The van der Waals surface area contributed by atoms with Gasteiger partial charge < -0.3 is 10.5 Å². The molecular formula is C12H18FNO. The van der Waals surface area contributed by atoms with Crippen LogP contribution in [0.1, 0.15) is 31.9 Å². The van der Waals surface area contributed by atoms with Gasteiger partial charge in [0.1, 0.15) is 0 Å². The minimum Gasteiger partial charge on any atom is -0.494 e. The van der Waals surface area contributed by atoms with Crippen molar-refractivity contribution in [2.75, 3.05) is 7.11 Å². The number of hydrogen-bond donors (Lipinski definition) is 1. The number of benzene rings is 1. The maximum Gasteiger partial charge on any atom is 0.169 e. The second-order valence-electron chi connectivity index (χ2n) is 4.10. The number of rotatable bonds is 4. The standard InChI is InChI=1S/C12H18FNO/c1-8(2)7-10(14)9-5-4-6-11(15-3)12(9)13/h4-6,8,10H,7,14H2,1-3H3/t10-/m0/s1. The first-order valence-electron chi connectivity index (χ1n) is 5.14. The molecular weight excluding hydrogens is 193 g/mol. The van der Waals surface area contributed by atoms with E-state index in [1.165, 1.54) is 7.11 Å². The molecule has 0 aliphatic rings. The van der Waals surface area contributed by atoms with Crippen molar-refractivity contribution in [3.63, 3.8) is 0 Å². The van der Waals surface area contributed by atoms with E-state index in [0.29, 0.717) is 11.5 Å². The van der Waals surface area contributed by atoms with Gasteiger partial charge in [-0.15, -0.1) is 0 Å². The SMILES string of the molecule is COc1cccc([C@@H](N)CC(C)C)c1F. The van der Waals surface area contributed by atoms with Crippen molar-refractivity contribution >= 4 is 0 Å². The summed E-state index contributed by atoms with van der Waals surface area (Å²) in [5.74, 6) is 0.366. The molecule has 2 N–H and O–H groups in total. The summed E-state index contributed by atoms with van der Waals surface area (Å²) in [5, 5.41) is 0. The molecule has 0 saturated carbocycles. The fraction of sp³-hybridized carbons (Fsp3) is 0.500. The van der Waals surface area contributed by atoms with E-state index in [1.807, 2.05) is 0 Å². The Bertz CT molecular complexity index is 325. The highest BCUT2D eigenvalue weighted by molar-refractivity contribution is 5.32. The zero-order chi connectivity index (χ0) is 11.4. The van der Waals surface area contributed by atoms with Crippen molar-refractivity contribution in [2.45, 2.75) is 26.3 Å². The molecule has 15 heavy (non-hydrogen) atoms. The summed E-state index contributed by atoms with van der Waals surface area (Å²) in [7, 11) is 1.45. The zero-order valence-electron chi connectivity index (χ0n) is 9.46. The van der Waals surface area contributed by atoms with Crippen LogP contribution in [0.25, 0.3) is 0 Å². The molecule has 1 atom stereocenters. The number of halogens is 1. The molecule has 0 unspecified atom stereocenters. The summed E-state index contributed by atoms with van der Waals surface area (Å²) < 4.78 is 18.7. The topological polar surface area (TPSA) is 35.2 Å². The van der Waals surface area contributed by atoms with E-state index in [0.717, 1.165) is 6.42 Å². The largest absolute Gasteiger partial charge is 0.494 e. The van der Waals surface area contributed by atoms with Crippen molar-refractivity contribution in [1.82, 2.24) is 0 Å². The van der Waals surface area contributed by atoms with Gasteiger partial charge in [-0.3, -0.25) is 0 Å². The van der Waals surface area contributed by atoms with Crippen LogP contribution in [0.15, 0.2) is 18.2 Å². The molecule has 84 valence electrons. The van der Waals surface area contributed by atoms with Gasteiger partial charge in [0.2, 0.25) is 0 Å². The van der Waals surface area contributed by atoms with Crippen molar-refractivity contribution in [3.05, 3.63) is 29.6 Å². The van der Waals surface area contributed by atoms with Crippen LogP contribution < -0.4 is 10.5 Å². The Morgan fingerprint density at radius 3 is 2.60 bits per heavy atom. The van der Waals surface area contributed by atoms with Gasteiger partial charge in [0.15, 0.2) is 11.6 Å². The smallest absolute Gasteiger partial charge is 0.169 e. The summed E-state index contributed by atoms with van der Waals surface area (Å²) in [6, 6.07) is 4.81. The van der Waals surface area contributed by atoms with Crippen molar-refractivity contribution in [3.8, 4) is 5.75 Å². The molecule has 0 saturated heterocycles. The minimum absolute atomic E-state index is 0.256. The lowest BCUT2D eigenvalue weighted by molar-refractivity contribution is 0.379. The first-order valence-corrected chi connectivity index (χ1v) is 5.14. The summed E-state index contributed by atoms with van der Waals surface area (Å²) in [6.45, 7) is 4.13. The molecule has 0 bridgehead atoms. The molecule has 0 spiro atoms. The number of hydrogen-bond acceptors (Lipinski definition) is 2. The van der Waals surface area contributed by atoms with E-state index < -0.39 is 0 Å². The molecule has 3 heteroatoms. The Morgan fingerprint density at radius 2 is 2.07 bits per heavy atom. The lowest BCUT2D eigenvalue weighted by Crippen LogP contribution is -2.14. The normalized spacial score (nSPS) is 12.9. The van der Waals surface area contributed by atoms with Crippen molar-refractivity contribution < 1.29 is 9.13 Å². The monoisotopic (exact) mass is 211 g/mol. The Labute approximate surface area is 90.2 Å². The van der Waals surface area contributed by atoms with Gasteiger partial charge in [-0.1, -0.05) is 26.0 Å². The summed E-state index contributed by atoms with van der Waals surface area (Å²) in [5.41, 5.74) is 6.46. The highest BCUT2D eigenvalue weighted by Crippen LogP contribution is 2.26. The van der Waals surface area contributed by atoms with E-state index in [-0.39, 0.29) is 17.6 Å². The van der Waals surface area contributed by atoms with E-state index in [2.05, 4.69) is 13.8 Å². The van der Waals surface area contributed by atoms with E-state index >= 15 is 0 Å². The quantitative estimate of drug-likeness (QED) is 0.831. The van der Waals surface area contributed by atoms with Crippen LogP contribution in [0.2, 0.25) is 0 Å². The second kappa shape index (κ2) is 5.12. The predicted octanol–water partition coefficient (Wildman–Crippen LogP) is 2.88. The molecule has 0 fully saturated rings. The van der Waals surface area contributed by atoms with Crippen LogP contribution in [-0.4, -0.2) is 7.11 Å². The van der Waals surface area contributed by atoms with Gasteiger partial charge in [-0.2, -0.15) is 0 Å². The Hall–Kier alpha value is -1.09.